The smallest absolute Gasteiger partial charge is 0.506 e. The van der Waals surface area contributed by atoms with Gasteiger partial charge in [0.25, 0.3) is 5.97 Å². The number of hydrogen-bond acceptors (Lipinski definition) is 6. The Hall–Kier alpha value is -3.68. The van der Waals surface area contributed by atoms with Crippen LogP contribution in [0.2, 0.25) is 0 Å². The number of carbonyl (C=O) groups excluding carboxylic acids is 2. The molecule has 190 valence electrons. The van der Waals surface area contributed by atoms with Gasteiger partial charge in [0.2, 0.25) is 0 Å². The van der Waals surface area contributed by atoms with Gasteiger partial charge >= 0.3 is 13.7 Å². The third-order valence-corrected chi connectivity index (χ3v) is 7.49. The summed E-state index contributed by atoms with van der Waals surface area (Å²) in [5.41, 5.74) is 6.10. The Balaban J connectivity index is 1.59. The fourth-order valence-corrected chi connectivity index (χ4v) is 4.68. The summed E-state index contributed by atoms with van der Waals surface area (Å²) in [5.74, 6) is -1.81. The molecule has 0 aliphatic carbocycles. The first-order valence-electron chi connectivity index (χ1n) is 12.3. The second-order valence-electron chi connectivity index (χ2n) is 10.2. The molecule has 0 heterocycles. The number of rotatable bonds is 9. The van der Waals surface area contributed by atoms with Gasteiger partial charge < -0.3 is 20.1 Å². The maximum Gasteiger partial charge on any atom is 0.506 e. The van der Waals surface area contributed by atoms with E-state index in [9.17, 15) is 9.59 Å². The Morgan fingerprint density at radius 3 is 2.00 bits per heavy atom. The lowest BCUT2D eigenvalue weighted by molar-refractivity contribution is -0.160. The molecule has 0 amide bonds. The monoisotopic (exact) mass is 497 g/mol. The number of fused-ring (bicyclic) bond motifs is 2. The minimum absolute atomic E-state index is 0.0921. The molecule has 0 aromatic heterocycles. The van der Waals surface area contributed by atoms with Crippen LogP contribution >= 0.6 is 0 Å². The van der Waals surface area contributed by atoms with Gasteiger partial charge in [0, 0.05) is 11.1 Å². The van der Waals surface area contributed by atoms with Crippen molar-refractivity contribution in [1.82, 2.24) is 0 Å². The van der Waals surface area contributed by atoms with E-state index in [0.717, 1.165) is 27.1 Å². The lowest BCUT2D eigenvalue weighted by Crippen LogP contribution is -2.56. The molecule has 2 atom stereocenters. The fourth-order valence-electron chi connectivity index (χ4n) is 4.68. The van der Waals surface area contributed by atoms with Crippen LogP contribution in [0.15, 0.2) is 84.9 Å². The Labute approximate surface area is 217 Å². The van der Waals surface area contributed by atoms with Gasteiger partial charge in [-0.25, -0.2) is 0 Å². The van der Waals surface area contributed by atoms with E-state index >= 15 is 0 Å². The highest BCUT2D eigenvalue weighted by atomic mass is 16.6. The Morgan fingerprint density at radius 2 is 1.43 bits per heavy atom. The first kappa shape index (κ1) is 26.4. The summed E-state index contributed by atoms with van der Waals surface area (Å²) in [6.45, 7) is 5.30. The molecular formula is C30H32BNO5. The van der Waals surface area contributed by atoms with Crippen molar-refractivity contribution in [1.29, 1.82) is 0 Å². The number of hydrogen-bond donors (Lipinski definition) is 2. The molecule has 2 unspecified atom stereocenters. The SMILES string of the molecule is CC(N)(CC(C(=O)OBO)c1ccccc1)C(C)(C)C(=O)OCc1c2ccccc2cc2ccccc12. The van der Waals surface area contributed by atoms with Crippen LogP contribution in [0.4, 0.5) is 0 Å². The summed E-state index contributed by atoms with van der Waals surface area (Å²) in [7, 11) is -0.728. The number of nitrogens with two attached hydrogens (primary N) is 1. The molecule has 37 heavy (non-hydrogen) atoms. The Bertz CT molecular complexity index is 1360. The van der Waals surface area contributed by atoms with Crippen LogP contribution in [0.25, 0.3) is 21.5 Å². The van der Waals surface area contributed by atoms with E-state index in [1.807, 2.05) is 66.7 Å². The number of benzene rings is 4. The molecule has 0 spiro atoms. The predicted octanol–water partition coefficient (Wildman–Crippen LogP) is 4.76. The maximum atomic E-state index is 13.5. The third kappa shape index (κ3) is 5.38. The van der Waals surface area contributed by atoms with Gasteiger partial charge in [-0.1, -0.05) is 78.9 Å². The molecule has 7 heteroatoms. The van der Waals surface area contributed by atoms with E-state index in [1.165, 1.54) is 0 Å². The number of ether oxygens (including phenoxy) is 1. The lowest BCUT2D eigenvalue weighted by Gasteiger charge is -2.41. The van der Waals surface area contributed by atoms with Crippen LogP contribution in [0.5, 0.6) is 0 Å². The van der Waals surface area contributed by atoms with Gasteiger partial charge in [0.1, 0.15) is 6.61 Å². The number of esters is 1. The minimum Gasteiger partial charge on any atom is -0.512 e. The molecule has 4 aromatic carbocycles. The Kier molecular flexibility index (Phi) is 7.67. The molecule has 4 aromatic rings. The van der Waals surface area contributed by atoms with Crippen molar-refractivity contribution in [2.24, 2.45) is 11.1 Å². The predicted molar refractivity (Wildman–Crippen MR) is 147 cm³/mol. The Morgan fingerprint density at radius 1 is 0.892 bits per heavy atom. The average molecular weight is 497 g/mol. The van der Waals surface area contributed by atoms with Crippen LogP contribution in [-0.4, -0.2) is 30.2 Å². The normalized spacial score (nSPS) is 14.1. The van der Waals surface area contributed by atoms with Crippen molar-refractivity contribution in [3.05, 3.63) is 96.1 Å². The van der Waals surface area contributed by atoms with Crippen LogP contribution in [0.3, 0.4) is 0 Å². The average Bonchev–Trinajstić information content (AvgIpc) is 2.90. The zero-order valence-electron chi connectivity index (χ0n) is 21.4. The van der Waals surface area contributed by atoms with Crippen molar-refractivity contribution >= 4 is 41.2 Å². The first-order chi connectivity index (χ1) is 17.7. The van der Waals surface area contributed by atoms with E-state index < -0.39 is 36.5 Å². The molecule has 0 saturated heterocycles. The highest BCUT2D eigenvalue weighted by molar-refractivity contribution is 6.20. The molecule has 3 N–H and O–H groups in total. The zero-order chi connectivity index (χ0) is 26.6. The molecular weight excluding hydrogens is 465 g/mol. The highest BCUT2D eigenvalue weighted by Gasteiger charge is 2.47. The van der Waals surface area contributed by atoms with Crippen molar-refractivity contribution < 1.29 is 24.0 Å². The van der Waals surface area contributed by atoms with E-state index in [2.05, 4.69) is 6.07 Å². The largest absolute Gasteiger partial charge is 0.512 e. The fraction of sp³-hybridized carbons (Fsp3) is 0.267. The van der Waals surface area contributed by atoms with Crippen molar-refractivity contribution in [2.75, 3.05) is 0 Å². The van der Waals surface area contributed by atoms with Gasteiger partial charge in [-0.3, -0.25) is 9.59 Å². The summed E-state index contributed by atoms with van der Waals surface area (Å²) >= 11 is 0. The quantitative estimate of drug-likeness (QED) is 0.197. The second kappa shape index (κ2) is 10.7. The molecule has 6 nitrogen and oxygen atoms in total. The standard InChI is InChI=1S/C30H32BNO5/c1-29(2,30(3,32)18-25(27(33)37-31-35)20-11-5-4-6-12-20)28(34)36-19-26-23-15-9-7-13-21(23)17-22-14-8-10-16-24(22)26/h4-17,25,31,35H,18-19,32H2,1-3H3. The molecule has 0 saturated carbocycles. The summed E-state index contributed by atoms with van der Waals surface area (Å²) in [4.78, 5) is 26.2. The molecule has 0 aliphatic rings. The van der Waals surface area contributed by atoms with E-state index in [4.69, 9.17) is 20.1 Å². The van der Waals surface area contributed by atoms with Gasteiger partial charge in [0.15, 0.2) is 0 Å². The highest BCUT2D eigenvalue weighted by Crippen LogP contribution is 2.39. The van der Waals surface area contributed by atoms with E-state index in [-0.39, 0.29) is 13.0 Å². The molecule has 0 radical (unpaired) electrons. The van der Waals surface area contributed by atoms with Crippen LogP contribution in [0.1, 0.15) is 44.2 Å². The van der Waals surface area contributed by atoms with Gasteiger partial charge in [-0.2, -0.15) is 0 Å². The van der Waals surface area contributed by atoms with Crippen LogP contribution in [0, 0.1) is 5.41 Å². The molecule has 4 rings (SSSR count). The van der Waals surface area contributed by atoms with E-state index in [0.29, 0.717) is 5.56 Å². The number of carbonyl (C=O) groups is 2. The molecule has 0 bridgehead atoms. The molecule has 0 fully saturated rings. The maximum absolute atomic E-state index is 13.5. The summed E-state index contributed by atoms with van der Waals surface area (Å²) < 4.78 is 10.8. The zero-order valence-corrected chi connectivity index (χ0v) is 21.4. The van der Waals surface area contributed by atoms with E-state index in [1.54, 1.807) is 32.9 Å². The van der Waals surface area contributed by atoms with Crippen LogP contribution < -0.4 is 5.73 Å². The topological polar surface area (TPSA) is 98.9 Å². The van der Waals surface area contributed by atoms with Crippen molar-refractivity contribution in [3.8, 4) is 0 Å². The third-order valence-electron chi connectivity index (χ3n) is 7.49. The van der Waals surface area contributed by atoms with Crippen molar-refractivity contribution in [3.63, 3.8) is 0 Å². The second-order valence-corrected chi connectivity index (χ2v) is 10.2. The van der Waals surface area contributed by atoms with Gasteiger partial charge in [-0.15, -0.1) is 0 Å². The minimum atomic E-state index is -1.14. The summed E-state index contributed by atoms with van der Waals surface area (Å²) in [6.07, 6.45) is 0.120. The molecule has 0 aliphatic heterocycles. The summed E-state index contributed by atoms with van der Waals surface area (Å²) in [6, 6.07) is 27.3. The summed E-state index contributed by atoms with van der Waals surface area (Å²) in [5, 5.41) is 13.4. The lowest BCUT2D eigenvalue weighted by atomic mass is 9.68. The van der Waals surface area contributed by atoms with Gasteiger partial charge in [0.05, 0.1) is 11.3 Å². The first-order valence-corrected chi connectivity index (χ1v) is 12.3. The van der Waals surface area contributed by atoms with Crippen LogP contribution in [-0.2, 0) is 25.6 Å². The van der Waals surface area contributed by atoms with Gasteiger partial charge in [-0.05, 0) is 60.4 Å². The van der Waals surface area contributed by atoms with Crippen molar-refractivity contribution in [2.45, 2.75) is 45.3 Å².